The van der Waals surface area contributed by atoms with Gasteiger partial charge >= 0.3 is 0 Å². The molecule has 0 aliphatic rings. The highest BCUT2D eigenvalue weighted by Gasteiger charge is 2.12. The normalized spacial score (nSPS) is 10.6. The zero-order chi connectivity index (χ0) is 15.4. The van der Waals surface area contributed by atoms with Gasteiger partial charge in [0.1, 0.15) is 0 Å². The van der Waals surface area contributed by atoms with Gasteiger partial charge in [-0.05, 0) is 62.6 Å². The van der Waals surface area contributed by atoms with E-state index in [4.69, 9.17) is 4.42 Å². The van der Waals surface area contributed by atoms with Crippen molar-refractivity contribution in [1.29, 1.82) is 0 Å². The number of furan rings is 1. The van der Waals surface area contributed by atoms with Crippen LogP contribution in [0.15, 0.2) is 67.2 Å². The van der Waals surface area contributed by atoms with E-state index >= 15 is 0 Å². The monoisotopic (exact) mass is 393 g/mol. The Balaban J connectivity index is 1.72. The van der Waals surface area contributed by atoms with Crippen molar-refractivity contribution in [2.24, 2.45) is 0 Å². The largest absolute Gasteiger partial charge is 0.444 e. The lowest BCUT2D eigenvalue weighted by molar-refractivity contribution is 0.0995. The lowest BCUT2D eigenvalue weighted by Gasteiger charge is -2.09. The maximum atomic E-state index is 12.2. The second-order valence-corrected chi connectivity index (χ2v) is 7.05. The lowest BCUT2D eigenvalue weighted by atomic mass is 10.3. The number of rotatable bonds is 5. The van der Waals surface area contributed by atoms with Crippen LogP contribution in [0.2, 0.25) is 0 Å². The summed E-state index contributed by atoms with van der Waals surface area (Å²) in [6.07, 6.45) is 0. The summed E-state index contributed by atoms with van der Waals surface area (Å²) in [6, 6.07) is 13.2. The molecule has 0 aliphatic carbocycles. The standard InChI is InChI=1S/C16H12BrNO2S2/c17-15-6-5-13(20-15)16(19)18-12-3-1-2-4-14(12)22-10-11-7-8-21-9-11/h1-9H,10H2,(H,18,19). The number of hydrogen-bond donors (Lipinski definition) is 1. The van der Waals surface area contributed by atoms with Gasteiger partial charge in [-0.3, -0.25) is 4.79 Å². The van der Waals surface area contributed by atoms with Gasteiger partial charge in [-0.25, -0.2) is 0 Å². The number of halogens is 1. The number of para-hydroxylation sites is 1. The molecular formula is C16H12BrNO2S2. The molecule has 0 radical (unpaired) electrons. The van der Waals surface area contributed by atoms with Crippen molar-refractivity contribution in [1.82, 2.24) is 0 Å². The molecule has 0 spiro atoms. The highest BCUT2D eigenvalue weighted by molar-refractivity contribution is 9.10. The molecule has 0 aliphatic heterocycles. The fourth-order valence-corrected chi connectivity index (χ4v) is 3.88. The van der Waals surface area contributed by atoms with Crippen molar-refractivity contribution in [2.45, 2.75) is 10.6 Å². The minimum atomic E-state index is -0.255. The number of anilines is 1. The average molecular weight is 394 g/mol. The predicted octanol–water partition coefficient (Wildman–Crippen LogP) is 5.65. The molecule has 1 amide bonds. The zero-order valence-corrected chi connectivity index (χ0v) is 14.6. The van der Waals surface area contributed by atoms with Crippen molar-refractivity contribution in [2.75, 3.05) is 5.32 Å². The molecule has 0 unspecified atom stereocenters. The first kappa shape index (κ1) is 15.4. The number of carbonyl (C=O) groups is 1. The Morgan fingerprint density at radius 1 is 1.23 bits per heavy atom. The SMILES string of the molecule is O=C(Nc1ccccc1SCc1ccsc1)c1ccc(Br)o1. The number of carbonyl (C=O) groups excluding carboxylic acids is 1. The molecule has 1 aromatic carbocycles. The van der Waals surface area contributed by atoms with Crippen LogP contribution in [0.4, 0.5) is 5.69 Å². The summed E-state index contributed by atoms with van der Waals surface area (Å²) < 4.78 is 5.82. The number of amides is 1. The first-order valence-electron chi connectivity index (χ1n) is 6.52. The van der Waals surface area contributed by atoms with Crippen molar-refractivity contribution in [3.8, 4) is 0 Å². The van der Waals surface area contributed by atoms with Gasteiger partial charge in [0.25, 0.3) is 5.91 Å². The summed E-state index contributed by atoms with van der Waals surface area (Å²) in [4.78, 5) is 13.2. The van der Waals surface area contributed by atoms with Crippen molar-refractivity contribution in [3.63, 3.8) is 0 Å². The smallest absolute Gasteiger partial charge is 0.291 e. The Labute approximate surface area is 144 Å². The Bertz CT molecular complexity index is 768. The summed E-state index contributed by atoms with van der Waals surface area (Å²) in [5.74, 6) is 0.904. The van der Waals surface area contributed by atoms with Crippen molar-refractivity contribution in [3.05, 3.63) is 69.2 Å². The van der Waals surface area contributed by atoms with E-state index in [2.05, 4.69) is 38.1 Å². The van der Waals surface area contributed by atoms with E-state index in [1.807, 2.05) is 24.3 Å². The molecule has 0 bridgehead atoms. The molecule has 3 nitrogen and oxygen atoms in total. The number of thioether (sulfide) groups is 1. The van der Waals surface area contributed by atoms with E-state index in [1.165, 1.54) is 5.56 Å². The maximum absolute atomic E-state index is 12.2. The molecule has 22 heavy (non-hydrogen) atoms. The van der Waals surface area contributed by atoms with E-state index in [-0.39, 0.29) is 11.7 Å². The minimum Gasteiger partial charge on any atom is -0.444 e. The van der Waals surface area contributed by atoms with Gasteiger partial charge in [0.05, 0.1) is 5.69 Å². The van der Waals surface area contributed by atoms with Gasteiger partial charge in [-0.2, -0.15) is 11.3 Å². The zero-order valence-electron chi connectivity index (χ0n) is 11.4. The van der Waals surface area contributed by atoms with Gasteiger partial charge < -0.3 is 9.73 Å². The Hall–Kier alpha value is -1.50. The van der Waals surface area contributed by atoms with Crippen LogP contribution in [0.3, 0.4) is 0 Å². The summed E-state index contributed by atoms with van der Waals surface area (Å²) >= 11 is 6.59. The van der Waals surface area contributed by atoms with E-state index in [9.17, 15) is 4.79 Å². The van der Waals surface area contributed by atoms with Crippen LogP contribution in [-0.2, 0) is 5.75 Å². The molecule has 0 fully saturated rings. The topological polar surface area (TPSA) is 42.2 Å². The van der Waals surface area contributed by atoms with Crippen LogP contribution in [0.25, 0.3) is 0 Å². The first-order valence-corrected chi connectivity index (χ1v) is 9.24. The second-order valence-electron chi connectivity index (χ2n) is 4.47. The molecular weight excluding hydrogens is 382 g/mol. The fourth-order valence-electron chi connectivity index (χ4n) is 1.85. The maximum Gasteiger partial charge on any atom is 0.291 e. The predicted molar refractivity (Wildman–Crippen MR) is 94.7 cm³/mol. The summed E-state index contributed by atoms with van der Waals surface area (Å²) in [6.45, 7) is 0. The van der Waals surface area contributed by atoms with E-state index in [1.54, 1.807) is 35.2 Å². The molecule has 112 valence electrons. The van der Waals surface area contributed by atoms with Gasteiger partial charge in [0.15, 0.2) is 10.4 Å². The molecule has 2 heterocycles. The van der Waals surface area contributed by atoms with E-state index in [0.29, 0.717) is 4.67 Å². The van der Waals surface area contributed by atoms with Crippen LogP contribution in [0.1, 0.15) is 16.1 Å². The van der Waals surface area contributed by atoms with Gasteiger partial charge in [0, 0.05) is 10.6 Å². The Morgan fingerprint density at radius 3 is 2.82 bits per heavy atom. The molecule has 6 heteroatoms. The third-order valence-electron chi connectivity index (χ3n) is 2.91. The fraction of sp³-hybridized carbons (Fsp3) is 0.0625. The Kier molecular flexibility index (Phi) is 5.02. The molecule has 3 aromatic rings. The summed E-state index contributed by atoms with van der Waals surface area (Å²) in [5, 5.41) is 7.10. The third kappa shape index (κ3) is 3.82. The van der Waals surface area contributed by atoms with Crippen LogP contribution >= 0.6 is 39.0 Å². The van der Waals surface area contributed by atoms with Gasteiger partial charge in [-0.15, -0.1) is 11.8 Å². The van der Waals surface area contributed by atoms with E-state index < -0.39 is 0 Å². The number of hydrogen-bond acceptors (Lipinski definition) is 4. The molecule has 0 saturated carbocycles. The van der Waals surface area contributed by atoms with Gasteiger partial charge in [0.2, 0.25) is 0 Å². The average Bonchev–Trinajstić information content (AvgIpc) is 3.17. The summed E-state index contributed by atoms with van der Waals surface area (Å²) in [5.41, 5.74) is 2.08. The lowest BCUT2D eigenvalue weighted by Crippen LogP contribution is -2.11. The van der Waals surface area contributed by atoms with Crippen LogP contribution in [-0.4, -0.2) is 5.91 Å². The van der Waals surface area contributed by atoms with Gasteiger partial charge in [-0.1, -0.05) is 12.1 Å². The van der Waals surface area contributed by atoms with Crippen LogP contribution in [0.5, 0.6) is 0 Å². The number of thiophene rings is 1. The Morgan fingerprint density at radius 2 is 2.09 bits per heavy atom. The minimum absolute atomic E-state index is 0.255. The quantitative estimate of drug-likeness (QED) is 0.569. The van der Waals surface area contributed by atoms with Crippen molar-refractivity contribution >= 4 is 50.6 Å². The highest BCUT2D eigenvalue weighted by Crippen LogP contribution is 2.30. The molecule has 0 saturated heterocycles. The molecule has 2 aromatic heterocycles. The molecule has 0 atom stereocenters. The second kappa shape index (κ2) is 7.17. The van der Waals surface area contributed by atoms with E-state index in [0.717, 1.165) is 16.3 Å². The highest BCUT2D eigenvalue weighted by atomic mass is 79.9. The summed E-state index contributed by atoms with van der Waals surface area (Å²) in [7, 11) is 0. The number of benzene rings is 1. The van der Waals surface area contributed by atoms with Crippen LogP contribution < -0.4 is 5.32 Å². The molecule has 3 rings (SSSR count). The number of nitrogens with one attached hydrogen (secondary N) is 1. The first-order chi connectivity index (χ1) is 10.7. The van der Waals surface area contributed by atoms with Crippen molar-refractivity contribution < 1.29 is 9.21 Å². The molecule has 1 N–H and O–H groups in total. The van der Waals surface area contributed by atoms with Crippen LogP contribution in [0, 0.1) is 0 Å². The third-order valence-corrected chi connectivity index (χ3v) is 5.21.